The number of benzene rings is 1. The monoisotopic (exact) mass is 215 g/mol. The highest BCUT2D eigenvalue weighted by molar-refractivity contribution is 6.33. The van der Waals surface area contributed by atoms with Crippen LogP contribution in [0.1, 0.15) is 29.8 Å². The van der Waals surface area contributed by atoms with E-state index in [-0.39, 0.29) is 16.3 Å². The first kappa shape index (κ1) is 12.8. The Morgan fingerprint density at radius 2 is 1.93 bits per heavy atom. The van der Waals surface area contributed by atoms with Crippen molar-refractivity contribution < 1.29 is 9.90 Å². The molecule has 0 saturated carbocycles. The van der Waals surface area contributed by atoms with Crippen molar-refractivity contribution in [2.45, 2.75) is 20.8 Å². The van der Waals surface area contributed by atoms with Crippen molar-refractivity contribution in [3.63, 3.8) is 0 Å². The molecule has 4 heteroatoms. The molecular weight excluding hydrogens is 202 g/mol. The highest BCUT2D eigenvalue weighted by atomic mass is 35.5. The number of nitrogen functional groups attached to an aromatic ring is 1. The minimum atomic E-state index is -1.06. The summed E-state index contributed by atoms with van der Waals surface area (Å²) in [7, 11) is 0. The van der Waals surface area contributed by atoms with Crippen molar-refractivity contribution in [3.05, 3.63) is 28.3 Å². The number of anilines is 1. The first-order valence-corrected chi connectivity index (χ1v) is 4.69. The maximum absolute atomic E-state index is 10.6. The smallest absolute Gasteiger partial charge is 0.337 e. The minimum Gasteiger partial charge on any atom is -0.478 e. The molecule has 0 amide bonds. The van der Waals surface area contributed by atoms with Gasteiger partial charge in [0.2, 0.25) is 0 Å². The van der Waals surface area contributed by atoms with E-state index in [4.69, 9.17) is 22.4 Å². The molecule has 3 N–H and O–H groups in total. The number of rotatable bonds is 1. The second kappa shape index (κ2) is 5.50. The van der Waals surface area contributed by atoms with Gasteiger partial charge in [0.25, 0.3) is 0 Å². The molecule has 1 aromatic carbocycles. The molecular formula is C10H14ClNO2. The molecule has 0 aliphatic heterocycles. The van der Waals surface area contributed by atoms with Gasteiger partial charge in [0.05, 0.1) is 16.3 Å². The van der Waals surface area contributed by atoms with E-state index >= 15 is 0 Å². The van der Waals surface area contributed by atoms with Crippen LogP contribution in [-0.2, 0) is 0 Å². The number of aromatic carboxylic acids is 1. The Bertz CT molecular complexity index is 337. The van der Waals surface area contributed by atoms with Crippen LogP contribution in [-0.4, -0.2) is 11.1 Å². The molecule has 0 radical (unpaired) electrons. The topological polar surface area (TPSA) is 63.3 Å². The van der Waals surface area contributed by atoms with Crippen LogP contribution in [0.2, 0.25) is 5.02 Å². The summed E-state index contributed by atoms with van der Waals surface area (Å²) >= 11 is 5.67. The molecule has 0 heterocycles. The van der Waals surface area contributed by atoms with Crippen LogP contribution in [0.15, 0.2) is 12.1 Å². The molecule has 0 unspecified atom stereocenters. The van der Waals surface area contributed by atoms with Gasteiger partial charge in [0, 0.05) is 0 Å². The maximum atomic E-state index is 10.6. The first-order valence-electron chi connectivity index (χ1n) is 4.31. The van der Waals surface area contributed by atoms with Crippen molar-refractivity contribution in [2.75, 3.05) is 5.73 Å². The standard InChI is InChI=1S/C8H8ClNO2.C2H6/c1-4-2-5(8(11)12)7(10)6(9)3-4;1-2/h2-3H,10H2,1H3,(H,11,12);1-2H3. The van der Waals surface area contributed by atoms with Crippen molar-refractivity contribution in [2.24, 2.45) is 0 Å². The van der Waals surface area contributed by atoms with Crippen LogP contribution >= 0.6 is 11.6 Å². The fourth-order valence-corrected chi connectivity index (χ4v) is 1.20. The van der Waals surface area contributed by atoms with E-state index in [9.17, 15) is 4.79 Å². The lowest BCUT2D eigenvalue weighted by Gasteiger charge is -2.03. The number of halogens is 1. The third-order valence-corrected chi connectivity index (χ3v) is 1.82. The number of nitrogens with two attached hydrogens (primary N) is 1. The van der Waals surface area contributed by atoms with Crippen LogP contribution in [0.25, 0.3) is 0 Å². The fourth-order valence-electron chi connectivity index (χ4n) is 0.930. The average Bonchev–Trinajstić information content (AvgIpc) is 2.14. The van der Waals surface area contributed by atoms with E-state index in [0.29, 0.717) is 0 Å². The van der Waals surface area contributed by atoms with Crippen molar-refractivity contribution in [3.8, 4) is 0 Å². The zero-order chi connectivity index (χ0) is 11.3. The van der Waals surface area contributed by atoms with Crippen LogP contribution in [0.3, 0.4) is 0 Å². The second-order valence-corrected chi connectivity index (χ2v) is 2.92. The second-order valence-electron chi connectivity index (χ2n) is 2.51. The number of hydrogen-bond donors (Lipinski definition) is 2. The van der Waals surface area contributed by atoms with E-state index in [1.54, 1.807) is 13.0 Å². The summed E-state index contributed by atoms with van der Waals surface area (Å²) in [5.41, 5.74) is 6.40. The lowest BCUT2D eigenvalue weighted by Crippen LogP contribution is -2.03. The molecule has 0 fully saturated rings. The third-order valence-electron chi connectivity index (χ3n) is 1.50. The molecule has 0 spiro atoms. The molecule has 0 atom stereocenters. The van der Waals surface area contributed by atoms with Gasteiger partial charge in [0.15, 0.2) is 0 Å². The zero-order valence-electron chi connectivity index (χ0n) is 8.47. The average molecular weight is 216 g/mol. The van der Waals surface area contributed by atoms with E-state index in [2.05, 4.69) is 0 Å². The predicted molar refractivity (Wildman–Crippen MR) is 58.9 cm³/mol. The van der Waals surface area contributed by atoms with Crippen LogP contribution in [0.5, 0.6) is 0 Å². The van der Waals surface area contributed by atoms with Gasteiger partial charge < -0.3 is 10.8 Å². The Hall–Kier alpha value is -1.22. The van der Waals surface area contributed by atoms with Gasteiger partial charge in [-0.1, -0.05) is 25.4 Å². The number of carbonyl (C=O) groups is 1. The lowest BCUT2D eigenvalue weighted by atomic mass is 10.1. The molecule has 1 rings (SSSR count). The molecule has 0 bridgehead atoms. The summed E-state index contributed by atoms with van der Waals surface area (Å²) in [6, 6.07) is 3.12. The first-order chi connectivity index (χ1) is 6.52. The summed E-state index contributed by atoms with van der Waals surface area (Å²) in [5.74, 6) is -1.06. The van der Waals surface area contributed by atoms with E-state index in [1.807, 2.05) is 13.8 Å². The number of hydrogen-bond acceptors (Lipinski definition) is 2. The van der Waals surface area contributed by atoms with Crippen molar-refractivity contribution in [1.82, 2.24) is 0 Å². The summed E-state index contributed by atoms with van der Waals surface area (Å²) in [6.07, 6.45) is 0. The van der Waals surface area contributed by atoms with Gasteiger partial charge in [-0.05, 0) is 24.6 Å². The molecule has 0 aromatic heterocycles. The molecule has 78 valence electrons. The SMILES string of the molecule is CC.Cc1cc(Cl)c(N)c(C(=O)O)c1. The Balaban J connectivity index is 0.000000791. The normalized spacial score (nSPS) is 8.86. The Morgan fingerprint density at radius 3 is 2.36 bits per heavy atom. The van der Waals surface area contributed by atoms with Crippen LogP contribution in [0, 0.1) is 6.92 Å². The highest BCUT2D eigenvalue weighted by Gasteiger charge is 2.10. The zero-order valence-corrected chi connectivity index (χ0v) is 9.22. The lowest BCUT2D eigenvalue weighted by molar-refractivity contribution is 0.0698. The van der Waals surface area contributed by atoms with E-state index in [0.717, 1.165) is 5.56 Å². The summed E-state index contributed by atoms with van der Waals surface area (Å²) in [4.78, 5) is 10.6. The van der Waals surface area contributed by atoms with Crippen LogP contribution in [0.4, 0.5) is 5.69 Å². The van der Waals surface area contributed by atoms with Crippen molar-refractivity contribution in [1.29, 1.82) is 0 Å². The molecule has 0 aliphatic rings. The minimum absolute atomic E-state index is 0.0556. The molecule has 3 nitrogen and oxygen atoms in total. The highest BCUT2D eigenvalue weighted by Crippen LogP contribution is 2.24. The Kier molecular flexibility index (Phi) is 5.02. The van der Waals surface area contributed by atoms with Gasteiger partial charge in [-0.3, -0.25) is 0 Å². The Morgan fingerprint density at radius 1 is 1.43 bits per heavy atom. The maximum Gasteiger partial charge on any atom is 0.337 e. The summed E-state index contributed by atoms with van der Waals surface area (Å²) < 4.78 is 0. The quantitative estimate of drug-likeness (QED) is 0.708. The number of aryl methyl sites for hydroxylation is 1. The predicted octanol–water partition coefficient (Wildman–Crippen LogP) is 2.96. The fraction of sp³-hybridized carbons (Fsp3) is 0.300. The Labute approximate surface area is 88.5 Å². The van der Waals surface area contributed by atoms with Gasteiger partial charge in [-0.25, -0.2) is 4.79 Å². The summed E-state index contributed by atoms with van der Waals surface area (Å²) in [6.45, 7) is 5.76. The van der Waals surface area contributed by atoms with Crippen molar-refractivity contribution >= 4 is 23.3 Å². The largest absolute Gasteiger partial charge is 0.478 e. The van der Waals surface area contributed by atoms with Gasteiger partial charge >= 0.3 is 5.97 Å². The number of carboxylic acid groups (broad SMARTS) is 1. The summed E-state index contributed by atoms with van der Waals surface area (Å²) in [5, 5.41) is 8.96. The molecule has 1 aromatic rings. The molecule has 0 aliphatic carbocycles. The van der Waals surface area contributed by atoms with E-state index in [1.165, 1.54) is 6.07 Å². The molecule has 14 heavy (non-hydrogen) atoms. The molecule has 0 saturated heterocycles. The van der Waals surface area contributed by atoms with E-state index < -0.39 is 5.97 Å². The van der Waals surface area contributed by atoms with Gasteiger partial charge in [-0.2, -0.15) is 0 Å². The van der Waals surface area contributed by atoms with Gasteiger partial charge in [-0.15, -0.1) is 0 Å². The van der Waals surface area contributed by atoms with Crippen LogP contribution < -0.4 is 5.73 Å². The van der Waals surface area contributed by atoms with Gasteiger partial charge in [0.1, 0.15) is 0 Å². The number of carboxylic acids is 1. The third kappa shape index (κ3) is 2.92.